The molecule has 0 saturated heterocycles. The van der Waals surface area contributed by atoms with E-state index in [4.69, 9.17) is 11.6 Å². The molecule has 1 amide bonds. The molecule has 0 aromatic heterocycles. The Balaban J connectivity index is 2.07. The summed E-state index contributed by atoms with van der Waals surface area (Å²) in [7, 11) is 0. The van der Waals surface area contributed by atoms with Crippen LogP contribution in [0.2, 0.25) is 5.02 Å². The van der Waals surface area contributed by atoms with Crippen LogP contribution in [0.15, 0.2) is 46.9 Å². The highest BCUT2D eigenvalue weighted by Gasteiger charge is 2.11. The first kappa shape index (κ1) is 16.1. The lowest BCUT2D eigenvalue weighted by Gasteiger charge is -2.08. The summed E-state index contributed by atoms with van der Waals surface area (Å²) in [5, 5.41) is 3.31. The van der Waals surface area contributed by atoms with Crippen LogP contribution in [-0.4, -0.2) is 5.91 Å². The molecule has 4 heteroatoms. The molecular formula is C17H17BrClNO. The quantitative estimate of drug-likeness (QED) is 0.723. The first-order chi connectivity index (χ1) is 10.1. The van der Waals surface area contributed by atoms with Crippen molar-refractivity contribution in [1.82, 2.24) is 0 Å². The number of carbonyl (C=O) groups excluding carboxylic acids is 1. The smallest absolute Gasteiger partial charge is 0.257 e. The number of anilines is 1. The minimum atomic E-state index is -0.206. The molecule has 110 valence electrons. The van der Waals surface area contributed by atoms with Crippen molar-refractivity contribution >= 4 is 39.1 Å². The van der Waals surface area contributed by atoms with Crippen molar-refractivity contribution in [3.05, 3.63) is 63.1 Å². The zero-order valence-corrected chi connectivity index (χ0v) is 14.2. The van der Waals surface area contributed by atoms with E-state index in [1.165, 1.54) is 18.4 Å². The number of hydrogen-bond acceptors (Lipinski definition) is 1. The number of nitrogens with one attached hydrogen (secondary N) is 1. The van der Waals surface area contributed by atoms with Crippen LogP contribution in [0.5, 0.6) is 0 Å². The molecule has 0 aliphatic heterocycles. The van der Waals surface area contributed by atoms with Crippen LogP contribution in [0.25, 0.3) is 0 Å². The van der Waals surface area contributed by atoms with Crippen molar-refractivity contribution in [2.24, 2.45) is 0 Å². The summed E-state index contributed by atoms with van der Waals surface area (Å²) in [6.45, 7) is 2.18. The Kier molecular flexibility index (Phi) is 5.83. The van der Waals surface area contributed by atoms with E-state index in [0.29, 0.717) is 10.6 Å². The first-order valence-electron chi connectivity index (χ1n) is 6.95. The molecule has 0 bridgehead atoms. The summed E-state index contributed by atoms with van der Waals surface area (Å²) in [6, 6.07) is 13.2. The summed E-state index contributed by atoms with van der Waals surface area (Å²) >= 11 is 9.40. The lowest BCUT2D eigenvalue weighted by atomic mass is 10.1. The van der Waals surface area contributed by atoms with E-state index < -0.39 is 0 Å². The van der Waals surface area contributed by atoms with E-state index in [-0.39, 0.29) is 5.91 Å². The van der Waals surface area contributed by atoms with Gasteiger partial charge in [-0.2, -0.15) is 0 Å². The van der Waals surface area contributed by atoms with E-state index >= 15 is 0 Å². The fourth-order valence-corrected chi connectivity index (χ4v) is 2.57. The SMILES string of the molecule is CCCCc1ccc(NC(=O)c2cc(Br)ccc2Cl)cc1. The molecule has 0 atom stereocenters. The molecule has 0 unspecified atom stereocenters. The number of carbonyl (C=O) groups is 1. The molecular weight excluding hydrogens is 350 g/mol. The zero-order valence-electron chi connectivity index (χ0n) is 11.8. The number of halogens is 2. The van der Waals surface area contributed by atoms with Crippen LogP contribution < -0.4 is 5.32 Å². The van der Waals surface area contributed by atoms with Crippen LogP contribution in [-0.2, 0) is 6.42 Å². The average Bonchev–Trinajstić information content (AvgIpc) is 2.49. The van der Waals surface area contributed by atoms with Gasteiger partial charge in [0.1, 0.15) is 0 Å². The van der Waals surface area contributed by atoms with Gasteiger partial charge in [-0.3, -0.25) is 4.79 Å². The normalized spacial score (nSPS) is 10.4. The van der Waals surface area contributed by atoms with Gasteiger partial charge < -0.3 is 5.32 Å². The third-order valence-electron chi connectivity index (χ3n) is 3.20. The van der Waals surface area contributed by atoms with Gasteiger partial charge >= 0.3 is 0 Å². The Morgan fingerprint density at radius 1 is 1.19 bits per heavy atom. The van der Waals surface area contributed by atoms with Crippen LogP contribution >= 0.6 is 27.5 Å². The number of benzene rings is 2. The summed E-state index contributed by atoms with van der Waals surface area (Å²) < 4.78 is 0.826. The van der Waals surface area contributed by atoms with Gasteiger partial charge in [-0.25, -0.2) is 0 Å². The Morgan fingerprint density at radius 3 is 2.57 bits per heavy atom. The number of unbranched alkanes of at least 4 members (excludes halogenated alkanes) is 1. The molecule has 21 heavy (non-hydrogen) atoms. The second-order valence-electron chi connectivity index (χ2n) is 4.88. The minimum absolute atomic E-state index is 0.206. The van der Waals surface area contributed by atoms with E-state index in [1.54, 1.807) is 12.1 Å². The van der Waals surface area contributed by atoms with Crippen LogP contribution in [0.1, 0.15) is 35.7 Å². The monoisotopic (exact) mass is 365 g/mol. The third-order valence-corrected chi connectivity index (χ3v) is 4.03. The number of hydrogen-bond donors (Lipinski definition) is 1. The second-order valence-corrected chi connectivity index (χ2v) is 6.20. The van der Waals surface area contributed by atoms with E-state index in [1.807, 2.05) is 30.3 Å². The van der Waals surface area contributed by atoms with Crippen molar-refractivity contribution in [3.63, 3.8) is 0 Å². The van der Waals surface area contributed by atoms with Crippen LogP contribution in [0.3, 0.4) is 0 Å². The maximum absolute atomic E-state index is 12.2. The van der Waals surface area contributed by atoms with E-state index in [0.717, 1.165) is 16.6 Å². The van der Waals surface area contributed by atoms with Gasteiger partial charge in [0.15, 0.2) is 0 Å². The van der Waals surface area contributed by atoms with E-state index in [2.05, 4.69) is 28.2 Å². The average molecular weight is 367 g/mol. The number of amides is 1. The van der Waals surface area contributed by atoms with Crippen molar-refractivity contribution < 1.29 is 4.79 Å². The van der Waals surface area contributed by atoms with Gasteiger partial charge in [0.2, 0.25) is 0 Å². The van der Waals surface area contributed by atoms with Crippen molar-refractivity contribution in [2.75, 3.05) is 5.32 Å². The van der Waals surface area contributed by atoms with Gasteiger partial charge in [0.05, 0.1) is 10.6 Å². The molecule has 2 nitrogen and oxygen atoms in total. The molecule has 0 spiro atoms. The standard InChI is InChI=1S/C17H17BrClNO/c1-2-3-4-12-5-8-14(9-6-12)20-17(21)15-11-13(18)7-10-16(15)19/h5-11H,2-4H2,1H3,(H,20,21). The highest BCUT2D eigenvalue weighted by molar-refractivity contribution is 9.10. The maximum atomic E-state index is 12.2. The maximum Gasteiger partial charge on any atom is 0.257 e. The second kappa shape index (κ2) is 7.62. The molecule has 2 aromatic carbocycles. The molecule has 2 rings (SSSR count). The fourth-order valence-electron chi connectivity index (χ4n) is 2.01. The zero-order chi connectivity index (χ0) is 15.2. The molecule has 0 heterocycles. The highest BCUT2D eigenvalue weighted by atomic mass is 79.9. The molecule has 0 aliphatic rings. The number of aryl methyl sites for hydroxylation is 1. The molecule has 0 saturated carbocycles. The summed E-state index contributed by atoms with van der Waals surface area (Å²) in [5.74, 6) is -0.206. The minimum Gasteiger partial charge on any atom is -0.322 e. The Labute approximate surface area is 138 Å². The summed E-state index contributed by atoms with van der Waals surface area (Å²) in [5.41, 5.74) is 2.52. The van der Waals surface area contributed by atoms with Gasteiger partial charge in [0.25, 0.3) is 5.91 Å². The van der Waals surface area contributed by atoms with Gasteiger partial charge in [-0.15, -0.1) is 0 Å². The van der Waals surface area contributed by atoms with Gasteiger partial charge in [-0.1, -0.05) is 53.0 Å². The predicted octanol–water partition coefficient (Wildman–Crippen LogP) is 5.70. The largest absolute Gasteiger partial charge is 0.322 e. The lowest BCUT2D eigenvalue weighted by molar-refractivity contribution is 0.102. The summed E-state index contributed by atoms with van der Waals surface area (Å²) in [4.78, 5) is 12.2. The fraction of sp³-hybridized carbons (Fsp3) is 0.235. The van der Waals surface area contributed by atoms with Crippen LogP contribution in [0, 0.1) is 0 Å². The third kappa shape index (κ3) is 4.58. The van der Waals surface area contributed by atoms with Gasteiger partial charge in [-0.05, 0) is 48.7 Å². The van der Waals surface area contributed by atoms with Crippen molar-refractivity contribution in [1.29, 1.82) is 0 Å². The Hall–Kier alpha value is -1.32. The molecule has 0 radical (unpaired) electrons. The Bertz CT molecular complexity index is 625. The predicted molar refractivity (Wildman–Crippen MR) is 92.2 cm³/mol. The van der Waals surface area contributed by atoms with Crippen molar-refractivity contribution in [2.45, 2.75) is 26.2 Å². The molecule has 1 N–H and O–H groups in total. The van der Waals surface area contributed by atoms with Crippen LogP contribution in [0.4, 0.5) is 5.69 Å². The summed E-state index contributed by atoms with van der Waals surface area (Å²) in [6.07, 6.45) is 3.43. The molecule has 2 aromatic rings. The first-order valence-corrected chi connectivity index (χ1v) is 8.12. The lowest BCUT2D eigenvalue weighted by Crippen LogP contribution is -2.12. The molecule has 0 aliphatic carbocycles. The Morgan fingerprint density at radius 2 is 1.90 bits per heavy atom. The van der Waals surface area contributed by atoms with E-state index in [9.17, 15) is 4.79 Å². The molecule has 0 fully saturated rings. The van der Waals surface area contributed by atoms with Crippen molar-refractivity contribution in [3.8, 4) is 0 Å². The number of rotatable bonds is 5. The van der Waals surface area contributed by atoms with Gasteiger partial charge in [0, 0.05) is 10.2 Å². The highest BCUT2D eigenvalue weighted by Crippen LogP contribution is 2.22. The topological polar surface area (TPSA) is 29.1 Å².